The van der Waals surface area contributed by atoms with E-state index in [0.717, 1.165) is 5.69 Å². The maximum atomic E-state index is 14.7. The van der Waals surface area contributed by atoms with Crippen molar-refractivity contribution in [1.29, 1.82) is 0 Å². The Kier molecular flexibility index (Phi) is 4.58. The van der Waals surface area contributed by atoms with Gasteiger partial charge in [0, 0.05) is 36.1 Å². The first-order valence-corrected chi connectivity index (χ1v) is 9.67. The number of hydrogen-bond acceptors (Lipinski definition) is 1. The summed E-state index contributed by atoms with van der Waals surface area (Å²) in [5.41, 5.74) is 3.32. The van der Waals surface area contributed by atoms with E-state index in [-0.39, 0.29) is 17.1 Å². The van der Waals surface area contributed by atoms with Gasteiger partial charge in [0.05, 0.1) is 0 Å². The fraction of sp³-hybridized carbons (Fsp3) is 0.292. The lowest BCUT2D eigenvalue weighted by molar-refractivity contribution is 0.0661. The molecule has 1 amide bonds. The summed E-state index contributed by atoms with van der Waals surface area (Å²) in [6.45, 7) is 7.70. The Bertz CT molecular complexity index is 998. The lowest BCUT2D eigenvalue weighted by Crippen LogP contribution is -2.42. The molecule has 0 spiro atoms. The number of benzene rings is 2. The van der Waals surface area contributed by atoms with Crippen molar-refractivity contribution in [2.24, 2.45) is 0 Å². The molecular weight excluding hydrogens is 351 g/mol. The molecule has 4 rings (SSSR count). The third-order valence-electron chi connectivity index (χ3n) is 5.50. The Morgan fingerprint density at radius 3 is 2.36 bits per heavy atom. The monoisotopic (exact) mass is 376 g/mol. The van der Waals surface area contributed by atoms with Crippen molar-refractivity contribution >= 4 is 5.91 Å². The van der Waals surface area contributed by atoms with Crippen LogP contribution in [0.15, 0.2) is 66.9 Å². The molecule has 144 valence electrons. The van der Waals surface area contributed by atoms with Crippen LogP contribution in [0.4, 0.5) is 4.39 Å². The number of rotatable bonds is 2. The topological polar surface area (TPSA) is 25.2 Å². The van der Waals surface area contributed by atoms with E-state index in [1.165, 1.54) is 11.6 Å². The summed E-state index contributed by atoms with van der Waals surface area (Å²) in [6.07, 6.45) is 1.99. The molecule has 3 nitrogen and oxygen atoms in total. The number of halogens is 1. The zero-order valence-electron chi connectivity index (χ0n) is 16.5. The van der Waals surface area contributed by atoms with E-state index in [9.17, 15) is 9.18 Å². The molecule has 1 aliphatic rings. The minimum absolute atomic E-state index is 0.0310. The van der Waals surface area contributed by atoms with Crippen LogP contribution in [0, 0.1) is 5.82 Å². The second-order valence-corrected chi connectivity index (χ2v) is 8.38. The van der Waals surface area contributed by atoms with Gasteiger partial charge in [0.2, 0.25) is 0 Å². The summed E-state index contributed by atoms with van der Waals surface area (Å²) in [5.74, 6) is -0.357. The molecule has 4 heteroatoms. The van der Waals surface area contributed by atoms with Crippen molar-refractivity contribution in [3.8, 4) is 0 Å². The number of aromatic nitrogens is 1. The fourth-order valence-corrected chi connectivity index (χ4v) is 3.90. The van der Waals surface area contributed by atoms with E-state index >= 15 is 0 Å². The molecule has 1 aliphatic heterocycles. The van der Waals surface area contributed by atoms with Gasteiger partial charge in [0.25, 0.3) is 5.91 Å². The number of carbonyl (C=O) groups is 1. The molecule has 28 heavy (non-hydrogen) atoms. The highest BCUT2D eigenvalue weighted by Crippen LogP contribution is 2.35. The van der Waals surface area contributed by atoms with Crippen LogP contribution in [-0.2, 0) is 12.0 Å². The number of fused-ring (bicyclic) bond motifs is 1. The highest BCUT2D eigenvalue weighted by Gasteiger charge is 2.34. The van der Waals surface area contributed by atoms with Gasteiger partial charge in [-0.2, -0.15) is 0 Å². The van der Waals surface area contributed by atoms with E-state index in [1.54, 1.807) is 17.0 Å². The normalized spacial score (nSPS) is 16.7. The molecular formula is C24H25FN2O. The van der Waals surface area contributed by atoms with Gasteiger partial charge in [-0.25, -0.2) is 4.39 Å². The summed E-state index contributed by atoms with van der Waals surface area (Å²) in [5, 5.41) is 0. The third kappa shape index (κ3) is 3.24. The predicted octanol–water partition coefficient (Wildman–Crippen LogP) is 5.17. The quantitative estimate of drug-likeness (QED) is 0.606. The van der Waals surface area contributed by atoms with Crippen LogP contribution in [0.5, 0.6) is 0 Å². The lowest BCUT2D eigenvalue weighted by Gasteiger charge is -2.37. The van der Waals surface area contributed by atoms with E-state index in [2.05, 4.69) is 25.3 Å². The summed E-state index contributed by atoms with van der Waals surface area (Å²) >= 11 is 0. The van der Waals surface area contributed by atoms with Gasteiger partial charge in [-0.3, -0.25) is 4.79 Å². The number of nitrogens with zero attached hydrogens (tertiary/aromatic N) is 2. The first-order valence-electron chi connectivity index (χ1n) is 9.67. The molecule has 0 saturated carbocycles. The molecule has 2 heterocycles. The molecule has 3 aromatic rings. The zero-order chi connectivity index (χ0) is 19.9. The Morgan fingerprint density at radius 1 is 0.964 bits per heavy atom. The first kappa shape index (κ1) is 18.5. The van der Waals surface area contributed by atoms with Crippen molar-refractivity contribution in [1.82, 2.24) is 9.47 Å². The summed E-state index contributed by atoms with van der Waals surface area (Å²) in [7, 11) is 0. The molecule has 0 fully saturated rings. The molecule has 0 bridgehead atoms. The van der Waals surface area contributed by atoms with E-state index in [1.807, 2.05) is 48.7 Å². The van der Waals surface area contributed by atoms with Gasteiger partial charge in [0.1, 0.15) is 11.9 Å². The summed E-state index contributed by atoms with van der Waals surface area (Å²) < 4.78 is 16.8. The Morgan fingerprint density at radius 2 is 1.68 bits per heavy atom. The minimum atomic E-state index is -0.431. The van der Waals surface area contributed by atoms with E-state index in [0.29, 0.717) is 24.2 Å². The second-order valence-electron chi connectivity index (χ2n) is 8.38. The Labute approximate surface area is 165 Å². The molecule has 1 aromatic heterocycles. The van der Waals surface area contributed by atoms with Gasteiger partial charge >= 0.3 is 0 Å². The van der Waals surface area contributed by atoms with Crippen molar-refractivity contribution < 1.29 is 9.18 Å². The number of amides is 1. The van der Waals surface area contributed by atoms with E-state index < -0.39 is 6.04 Å². The molecule has 0 radical (unpaired) electrons. The summed E-state index contributed by atoms with van der Waals surface area (Å²) in [4.78, 5) is 15.2. The van der Waals surface area contributed by atoms with Crippen molar-refractivity contribution in [3.63, 3.8) is 0 Å². The van der Waals surface area contributed by atoms with Crippen LogP contribution < -0.4 is 0 Å². The van der Waals surface area contributed by atoms with Crippen LogP contribution in [-0.4, -0.2) is 21.9 Å². The molecule has 0 N–H and O–H groups in total. The second kappa shape index (κ2) is 6.93. The maximum absolute atomic E-state index is 14.7. The number of carbonyl (C=O) groups excluding carboxylic acids is 1. The largest absolute Gasteiger partial charge is 0.348 e. The average molecular weight is 376 g/mol. The number of hydrogen-bond donors (Lipinski definition) is 0. The molecule has 1 atom stereocenters. The van der Waals surface area contributed by atoms with Crippen LogP contribution in [0.2, 0.25) is 0 Å². The Balaban J connectivity index is 1.73. The molecule has 0 aliphatic carbocycles. The minimum Gasteiger partial charge on any atom is -0.348 e. The lowest BCUT2D eigenvalue weighted by atomic mass is 9.86. The van der Waals surface area contributed by atoms with Crippen LogP contribution in [0.25, 0.3) is 0 Å². The zero-order valence-corrected chi connectivity index (χ0v) is 16.5. The average Bonchev–Trinajstić information content (AvgIpc) is 3.15. The smallest absolute Gasteiger partial charge is 0.254 e. The highest BCUT2D eigenvalue weighted by molar-refractivity contribution is 5.95. The SMILES string of the molecule is CC(C)(C)c1ccc(C(=O)N2CCn3cccc3C2c2ccccc2F)cc1. The fourth-order valence-electron chi connectivity index (χ4n) is 3.90. The van der Waals surface area contributed by atoms with Crippen molar-refractivity contribution in [3.05, 3.63) is 95.1 Å². The van der Waals surface area contributed by atoms with Crippen LogP contribution >= 0.6 is 0 Å². The molecule has 1 unspecified atom stereocenters. The van der Waals surface area contributed by atoms with Gasteiger partial charge in [-0.1, -0.05) is 51.1 Å². The van der Waals surface area contributed by atoms with Crippen molar-refractivity contribution in [2.75, 3.05) is 6.54 Å². The third-order valence-corrected chi connectivity index (χ3v) is 5.50. The van der Waals surface area contributed by atoms with Gasteiger partial charge in [0.15, 0.2) is 0 Å². The van der Waals surface area contributed by atoms with Crippen LogP contribution in [0.1, 0.15) is 54.0 Å². The first-order chi connectivity index (χ1) is 13.4. The van der Waals surface area contributed by atoms with E-state index in [4.69, 9.17) is 0 Å². The van der Waals surface area contributed by atoms with Gasteiger partial charge in [-0.15, -0.1) is 0 Å². The van der Waals surface area contributed by atoms with Gasteiger partial charge in [-0.05, 0) is 41.3 Å². The van der Waals surface area contributed by atoms with Crippen molar-refractivity contribution in [2.45, 2.75) is 38.8 Å². The Hall–Kier alpha value is -2.88. The maximum Gasteiger partial charge on any atom is 0.254 e. The van der Waals surface area contributed by atoms with Gasteiger partial charge < -0.3 is 9.47 Å². The van der Waals surface area contributed by atoms with Crippen LogP contribution in [0.3, 0.4) is 0 Å². The summed E-state index contributed by atoms with van der Waals surface area (Å²) in [6, 6.07) is 18.0. The molecule has 2 aromatic carbocycles. The highest BCUT2D eigenvalue weighted by atomic mass is 19.1. The standard InChI is InChI=1S/C24H25FN2O/c1-24(2,3)18-12-10-17(11-13-18)23(28)27-16-15-26-14-6-9-21(26)22(27)19-7-4-5-8-20(19)25/h4-14,22H,15-16H2,1-3H3. The predicted molar refractivity (Wildman–Crippen MR) is 109 cm³/mol. The molecule has 0 saturated heterocycles.